The van der Waals surface area contributed by atoms with Crippen molar-refractivity contribution in [1.29, 1.82) is 0 Å². The van der Waals surface area contributed by atoms with Gasteiger partial charge in [0.2, 0.25) is 0 Å². The molecule has 2 nitrogen and oxygen atoms in total. The Morgan fingerprint density at radius 2 is 2.14 bits per heavy atom. The summed E-state index contributed by atoms with van der Waals surface area (Å²) in [7, 11) is 2.30. The van der Waals surface area contributed by atoms with Crippen molar-refractivity contribution in [2.24, 2.45) is 11.8 Å². The quantitative estimate of drug-likeness (QED) is 0.678. The second-order valence-corrected chi connectivity index (χ2v) is 7.60. The summed E-state index contributed by atoms with van der Waals surface area (Å²) < 4.78 is 6.59. The van der Waals surface area contributed by atoms with E-state index in [1.807, 2.05) is 0 Å². The van der Waals surface area contributed by atoms with Gasteiger partial charge in [-0.05, 0) is 44.5 Å². The van der Waals surface area contributed by atoms with Gasteiger partial charge in [0.1, 0.15) is 11.9 Å². The number of benzene rings is 1. The van der Waals surface area contributed by atoms with Gasteiger partial charge in [0.25, 0.3) is 0 Å². The SMILES string of the molecule is Cc1ccc2c3c1O[C@H]1[C@@H](C)C=C[C@H]4[C@H](C2)N(C)CC[C@@]341. The molecule has 21 heavy (non-hydrogen) atoms. The van der Waals surface area contributed by atoms with Crippen LogP contribution in [0.5, 0.6) is 5.75 Å². The monoisotopic (exact) mass is 281 g/mol. The van der Waals surface area contributed by atoms with Gasteiger partial charge in [-0.15, -0.1) is 0 Å². The molecule has 2 heteroatoms. The Morgan fingerprint density at radius 1 is 1.29 bits per heavy atom. The Balaban J connectivity index is 1.84. The molecule has 4 aliphatic rings. The molecule has 1 spiro atoms. The van der Waals surface area contributed by atoms with Crippen LogP contribution >= 0.6 is 0 Å². The average molecular weight is 281 g/mol. The highest BCUT2D eigenvalue weighted by molar-refractivity contribution is 5.59. The first-order valence-corrected chi connectivity index (χ1v) is 8.31. The maximum Gasteiger partial charge on any atom is 0.126 e. The third kappa shape index (κ3) is 1.25. The Bertz CT molecular complexity index is 664. The van der Waals surface area contributed by atoms with Crippen molar-refractivity contribution in [3.63, 3.8) is 0 Å². The first-order chi connectivity index (χ1) is 10.1. The third-order valence-corrected chi connectivity index (χ3v) is 6.64. The largest absolute Gasteiger partial charge is 0.488 e. The maximum absolute atomic E-state index is 6.59. The lowest BCUT2D eigenvalue weighted by atomic mass is 9.52. The molecule has 0 radical (unpaired) electrons. The lowest BCUT2D eigenvalue weighted by Gasteiger charge is -2.56. The van der Waals surface area contributed by atoms with Gasteiger partial charge in [-0.2, -0.15) is 0 Å². The topological polar surface area (TPSA) is 12.5 Å². The summed E-state index contributed by atoms with van der Waals surface area (Å²) in [6.07, 6.45) is 7.70. The average Bonchev–Trinajstić information content (AvgIpc) is 2.83. The molecule has 1 aromatic carbocycles. The van der Waals surface area contributed by atoms with Gasteiger partial charge in [0.15, 0.2) is 0 Å². The lowest BCUT2D eigenvalue weighted by Crippen LogP contribution is -2.63. The lowest BCUT2D eigenvalue weighted by molar-refractivity contribution is -0.0142. The van der Waals surface area contributed by atoms with Gasteiger partial charge in [0, 0.05) is 28.9 Å². The molecule has 0 amide bonds. The zero-order valence-corrected chi connectivity index (χ0v) is 13.1. The van der Waals surface area contributed by atoms with E-state index >= 15 is 0 Å². The minimum atomic E-state index is 0.250. The minimum absolute atomic E-state index is 0.250. The van der Waals surface area contributed by atoms with Crippen molar-refractivity contribution in [3.05, 3.63) is 41.0 Å². The van der Waals surface area contributed by atoms with Crippen LogP contribution in [-0.2, 0) is 11.8 Å². The van der Waals surface area contributed by atoms with E-state index in [2.05, 4.69) is 50.1 Å². The number of nitrogens with zero attached hydrogens (tertiary/aromatic N) is 1. The Labute approximate surface area is 126 Å². The van der Waals surface area contributed by atoms with Gasteiger partial charge in [-0.3, -0.25) is 0 Å². The highest BCUT2D eigenvalue weighted by Gasteiger charge is 2.63. The number of hydrogen-bond donors (Lipinski definition) is 0. The van der Waals surface area contributed by atoms with E-state index in [4.69, 9.17) is 4.74 Å². The molecular formula is C19H23NO. The van der Waals surface area contributed by atoms with Crippen LogP contribution in [0.2, 0.25) is 0 Å². The fourth-order valence-electron chi connectivity index (χ4n) is 5.65. The smallest absolute Gasteiger partial charge is 0.126 e. The fraction of sp³-hybridized carbons (Fsp3) is 0.579. The molecular weight excluding hydrogens is 258 g/mol. The van der Waals surface area contributed by atoms with Gasteiger partial charge < -0.3 is 9.64 Å². The summed E-state index contributed by atoms with van der Waals surface area (Å²) in [6.45, 7) is 5.74. The Morgan fingerprint density at radius 3 is 3.00 bits per heavy atom. The van der Waals surface area contributed by atoms with Crippen molar-refractivity contribution in [1.82, 2.24) is 4.90 Å². The Kier molecular flexibility index (Phi) is 2.18. The molecule has 5 rings (SSSR count). The molecule has 2 heterocycles. The molecule has 110 valence electrons. The molecule has 0 unspecified atom stereocenters. The molecule has 2 bridgehead atoms. The van der Waals surface area contributed by atoms with Crippen LogP contribution in [0.25, 0.3) is 0 Å². The molecule has 5 atom stereocenters. The first kappa shape index (κ1) is 12.3. The number of rotatable bonds is 0. The molecule has 1 aromatic rings. The van der Waals surface area contributed by atoms with Crippen LogP contribution in [0.3, 0.4) is 0 Å². The van der Waals surface area contributed by atoms with Gasteiger partial charge >= 0.3 is 0 Å². The zero-order valence-electron chi connectivity index (χ0n) is 13.1. The first-order valence-electron chi connectivity index (χ1n) is 8.31. The molecule has 0 N–H and O–H groups in total. The van der Waals surface area contributed by atoms with Gasteiger partial charge in [-0.1, -0.05) is 31.2 Å². The predicted molar refractivity (Wildman–Crippen MR) is 83.8 cm³/mol. The maximum atomic E-state index is 6.59. The van der Waals surface area contributed by atoms with E-state index < -0.39 is 0 Å². The van der Waals surface area contributed by atoms with Crippen LogP contribution in [0.1, 0.15) is 30.0 Å². The van der Waals surface area contributed by atoms with E-state index in [1.54, 1.807) is 11.1 Å². The number of likely N-dealkylation sites (tertiary alicyclic amines) is 1. The summed E-state index contributed by atoms with van der Waals surface area (Å²) in [5, 5.41) is 0. The van der Waals surface area contributed by atoms with Crippen LogP contribution in [-0.4, -0.2) is 30.6 Å². The summed E-state index contributed by atoms with van der Waals surface area (Å²) in [5.41, 5.74) is 4.70. The van der Waals surface area contributed by atoms with Gasteiger partial charge in [0.05, 0.1) is 0 Å². The van der Waals surface area contributed by atoms with Crippen molar-refractivity contribution in [2.75, 3.05) is 13.6 Å². The van der Waals surface area contributed by atoms with Crippen molar-refractivity contribution in [2.45, 2.75) is 44.2 Å². The van der Waals surface area contributed by atoms with E-state index in [-0.39, 0.29) is 5.41 Å². The highest BCUT2D eigenvalue weighted by atomic mass is 16.5. The summed E-state index contributed by atoms with van der Waals surface area (Å²) in [4.78, 5) is 2.58. The summed E-state index contributed by atoms with van der Waals surface area (Å²) >= 11 is 0. The normalized spacial score (nSPS) is 42.6. The summed E-state index contributed by atoms with van der Waals surface area (Å²) in [6, 6.07) is 5.28. The summed E-state index contributed by atoms with van der Waals surface area (Å²) in [5.74, 6) is 2.37. The minimum Gasteiger partial charge on any atom is -0.488 e. The fourth-order valence-corrected chi connectivity index (χ4v) is 5.65. The number of likely N-dealkylation sites (N-methyl/N-ethyl adjacent to an activating group) is 1. The standard InChI is InChI=1S/C19H23NO/c1-11-4-6-13-10-15-14-7-5-12(2)18-19(14,8-9-20(15)3)16(13)17(11)21-18/h4-7,12,14-15,18H,8-10H2,1-3H3/t12-,14-,15-,18-,19-/m0/s1. The molecule has 1 saturated heterocycles. The molecule has 0 aromatic heterocycles. The molecule has 0 saturated carbocycles. The number of ether oxygens (including phenoxy) is 1. The predicted octanol–water partition coefficient (Wildman–Crippen LogP) is 3.08. The zero-order chi connectivity index (χ0) is 14.4. The van der Waals surface area contributed by atoms with Gasteiger partial charge in [-0.25, -0.2) is 0 Å². The number of piperidine rings is 1. The number of hydrogen-bond acceptors (Lipinski definition) is 2. The second-order valence-electron chi connectivity index (χ2n) is 7.60. The van der Waals surface area contributed by atoms with Crippen LogP contribution in [0.4, 0.5) is 0 Å². The number of aryl methyl sites for hydroxylation is 1. The third-order valence-electron chi connectivity index (χ3n) is 6.64. The molecule has 2 aliphatic carbocycles. The van der Waals surface area contributed by atoms with Crippen LogP contribution < -0.4 is 4.74 Å². The van der Waals surface area contributed by atoms with E-state index in [9.17, 15) is 0 Å². The van der Waals surface area contributed by atoms with Crippen LogP contribution in [0, 0.1) is 18.8 Å². The molecule has 2 aliphatic heterocycles. The van der Waals surface area contributed by atoms with Crippen LogP contribution in [0.15, 0.2) is 24.3 Å². The second kappa shape index (κ2) is 3.73. The van der Waals surface area contributed by atoms with E-state index in [0.29, 0.717) is 24.0 Å². The Hall–Kier alpha value is -1.28. The molecule has 1 fully saturated rings. The van der Waals surface area contributed by atoms with Crippen molar-refractivity contribution in [3.8, 4) is 5.75 Å². The highest BCUT2D eigenvalue weighted by Crippen LogP contribution is 2.61. The van der Waals surface area contributed by atoms with Crippen molar-refractivity contribution >= 4 is 0 Å². The van der Waals surface area contributed by atoms with E-state index in [1.165, 1.54) is 30.7 Å². The van der Waals surface area contributed by atoms with Crippen molar-refractivity contribution < 1.29 is 4.74 Å². The van der Waals surface area contributed by atoms with E-state index in [0.717, 1.165) is 0 Å².